The van der Waals surface area contributed by atoms with Crippen LogP contribution in [0.2, 0.25) is 5.02 Å². The van der Waals surface area contributed by atoms with Crippen molar-refractivity contribution in [1.29, 1.82) is 0 Å². The van der Waals surface area contributed by atoms with Crippen molar-refractivity contribution in [2.45, 2.75) is 24.2 Å². The summed E-state index contributed by atoms with van der Waals surface area (Å²) in [6.07, 6.45) is 2.20. The van der Waals surface area contributed by atoms with Gasteiger partial charge in [-0.3, -0.25) is 0 Å². The van der Waals surface area contributed by atoms with Gasteiger partial charge in [0.05, 0.1) is 5.02 Å². The van der Waals surface area contributed by atoms with Crippen LogP contribution in [0.5, 0.6) is 0 Å². The van der Waals surface area contributed by atoms with Gasteiger partial charge in [0, 0.05) is 24.7 Å². The summed E-state index contributed by atoms with van der Waals surface area (Å²) in [7, 11) is -2.02. The third-order valence-electron chi connectivity index (χ3n) is 2.71. The van der Waals surface area contributed by atoms with Crippen molar-refractivity contribution in [3.8, 4) is 0 Å². The Hall–Kier alpha value is -0.140. The lowest BCUT2D eigenvalue weighted by molar-refractivity contribution is 0.281. The molecule has 1 N–H and O–H groups in total. The Balaban J connectivity index is 2.79. The zero-order valence-electron chi connectivity index (χ0n) is 10.6. The number of aliphatic hydroxyl groups excluding tert-OH is 1. The summed E-state index contributed by atoms with van der Waals surface area (Å²) < 4.78 is 26.6. The zero-order chi connectivity index (χ0) is 14.5. The molecular formula is C12H17BrClNO3S. The largest absolute Gasteiger partial charge is 0.396 e. The van der Waals surface area contributed by atoms with Crippen molar-refractivity contribution in [2.24, 2.45) is 0 Å². The zero-order valence-corrected chi connectivity index (χ0v) is 13.8. The first-order valence-corrected chi connectivity index (χ1v) is 8.53. The minimum absolute atomic E-state index is 0.113. The van der Waals surface area contributed by atoms with Crippen LogP contribution in [0, 0.1) is 0 Å². The molecule has 4 nitrogen and oxygen atoms in total. The second-order valence-electron chi connectivity index (χ2n) is 4.19. The molecule has 0 fully saturated rings. The van der Waals surface area contributed by atoms with E-state index in [2.05, 4.69) is 15.9 Å². The number of sulfonamides is 1. The third-order valence-corrected chi connectivity index (χ3v) is 5.55. The van der Waals surface area contributed by atoms with Crippen molar-refractivity contribution < 1.29 is 13.5 Å². The van der Waals surface area contributed by atoms with Gasteiger partial charge >= 0.3 is 0 Å². The normalized spacial score (nSPS) is 12.1. The van der Waals surface area contributed by atoms with E-state index in [1.165, 1.54) is 17.4 Å². The summed E-state index contributed by atoms with van der Waals surface area (Å²) in [6, 6.07) is 4.71. The van der Waals surface area contributed by atoms with Crippen LogP contribution in [0.1, 0.15) is 19.3 Å². The fourth-order valence-electron chi connectivity index (χ4n) is 1.60. The van der Waals surface area contributed by atoms with Crippen LogP contribution in [0.25, 0.3) is 0 Å². The first kappa shape index (κ1) is 16.9. The highest BCUT2D eigenvalue weighted by atomic mass is 79.9. The van der Waals surface area contributed by atoms with Crippen LogP contribution in [0.15, 0.2) is 27.6 Å². The molecule has 0 aliphatic heterocycles. The number of hydrogen-bond donors (Lipinski definition) is 1. The average Bonchev–Trinajstić information content (AvgIpc) is 2.33. The maximum absolute atomic E-state index is 12.3. The van der Waals surface area contributed by atoms with Gasteiger partial charge in [-0.1, -0.05) is 27.5 Å². The Kier molecular flexibility index (Phi) is 6.76. The lowest BCUT2D eigenvalue weighted by Gasteiger charge is -2.18. The minimum Gasteiger partial charge on any atom is -0.396 e. The first-order chi connectivity index (χ1) is 8.89. The number of rotatable bonds is 7. The van der Waals surface area contributed by atoms with Gasteiger partial charge in [0.1, 0.15) is 4.90 Å². The maximum atomic E-state index is 12.3. The quantitative estimate of drug-likeness (QED) is 0.751. The Morgan fingerprint density at radius 1 is 1.32 bits per heavy atom. The van der Waals surface area contributed by atoms with Crippen molar-refractivity contribution in [3.63, 3.8) is 0 Å². The van der Waals surface area contributed by atoms with Crippen molar-refractivity contribution in [1.82, 2.24) is 4.31 Å². The number of halogens is 2. The molecule has 0 atom stereocenters. The van der Waals surface area contributed by atoms with Crippen LogP contribution in [0.3, 0.4) is 0 Å². The van der Waals surface area contributed by atoms with Gasteiger partial charge in [0.25, 0.3) is 0 Å². The van der Waals surface area contributed by atoms with Crippen LogP contribution in [-0.2, 0) is 10.0 Å². The first-order valence-electron chi connectivity index (χ1n) is 5.92. The van der Waals surface area contributed by atoms with Gasteiger partial charge in [-0.25, -0.2) is 12.7 Å². The highest BCUT2D eigenvalue weighted by molar-refractivity contribution is 9.10. The summed E-state index contributed by atoms with van der Waals surface area (Å²) in [4.78, 5) is 0.113. The van der Waals surface area contributed by atoms with E-state index >= 15 is 0 Å². The highest BCUT2D eigenvalue weighted by Gasteiger charge is 2.23. The summed E-state index contributed by atoms with van der Waals surface area (Å²) in [5, 5.41) is 8.88. The molecule has 0 spiro atoms. The van der Waals surface area contributed by atoms with Gasteiger partial charge in [0.2, 0.25) is 10.0 Å². The molecule has 108 valence electrons. The topological polar surface area (TPSA) is 57.6 Å². The molecule has 0 bridgehead atoms. The lowest BCUT2D eigenvalue weighted by Crippen LogP contribution is -2.28. The summed E-state index contributed by atoms with van der Waals surface area (Å²) >= 11 is 9.22. The maximum Gasteiger partial charge on any atom is 0.244 e. The Morgan fingerprint density at radius 2 is 2.00 bits per heavy atom. The lowest BCUT2D eigenvalue weighted by atomic mass is 10.2. The number of hydrogen-bond acceptors (Lipinski definition) is 3. The summed E-state index contributed by atoms with van der Waals surface area (Å²) in [6.45, 7) is 0.545. The van der Waals surface area contributed by atoms with Gasteiger partial charge in [-0.15, -0.1) is 0 Å². The summed E-state index contributed by atoms with van der Waals surface area (Å²) in [5.41, 5.74) is 0. The fraction of sp³-hybridized carbons (Fsp3) is 0.500. The fourth-order valence-corrected chi connectivity index (χ4v) is 3.81. The predicted octanol–water partition coefficient (Wildman–Crippen LogP) is 2.89. The second-order valence-corrected chi connectivity index (χ2v) is 7.52. The van der Waals surface area contributed by atoms with E-state index in [9.17, 15) is 8.42 Å². The molecule has 0 saturated heterocycles. The van der Waals surface area contributed by atoms with E-state index in [-0.39, 0.29) is 16.5 Å². The van der Waals surface area contributed by atoms with Crippen molar-refractivity contribution in [2.75, 3.05) is 20.2 Å². The number of unbranched alkanes of at least 4 members (excludes halogenated alkanes) is 2. The molecule has 19 heavy (non-hydrogen) atoms. The van der Waals surface area contributed by atoms with Crippen LogP contribution >= 0.6 is 27.5 Å². The standard InChI is InChI=1S/C12H17BrClNO3S/c1-15(7-3-2-4-8-16)19(17,18)12-6-5-10(13)9-11(12)14/h5-6,9,16H,2-4,7-8H2,1H3. The van der Waals surface area contributed by atoms with Gasteiger partial charge in [-0.2, -0.15) is 0 Å². The molecule has 1 aromatic carbocycles. The predicted molar refractivity (Wildman–Crippen MR) is 79.9 cm³/mol. The van der Waals surface area contributed by atoms with Gasteiger partial charge < -0.3 is 5.11 Å². The summed E-state index contributed by atoms with van der Waals surface area (Å²) in [5.74, 6) is 0. The SMILES string of the molecule is CN(CCCCCO)S(=O)(=O)c1ccc(Br)cc1Cl. The van der Waals surface area contributed by atoms with E-state index in [1.807, 2.05) is 0 Å². The average molecular weight is 371 g/mol. The van der Waals surface area contributed by atoms with Crippen LogP contribution in [-0.4, -0.2) is 38.0 Å². The smallest absolute Gasteiger partial charge is 0.244 e. The van der Waals surface area contributed by atoms with Crippen molar-refractivity contribution >= 4 is 37.6 Å². The molecular weight excluding hydrogens is 354 g/mol. The molecule has 0 saturated carbocycles. The molecule has 7 heteroatoms. The monoisotopic (exact) mass is 369 g/mol. The minimum atomic E-state index is -3.56. The number of benzene rings is 1. The Morgan fingerprint density at radius 3 is 2.58 bits per heavy atom. The third kappa shape index (κ3) is 4.72. The Labute approximate surface area is 127 Å². The van der Waals surface area contributed by atoms with E-state index in [0.717, 1.165) is 10.9 Å². The van der Waals surface area contributed by atoms with Crippen molar-refractivity contribution in [3.05, 3.63) is 27.7 Å². The highest BCUT2D eigenvalue weighted by Crippen LogP contribution is 2.27. The molecule has 0 aliphatic rings. The van der Waals surface area contributed by atoms with E-state index < -0.39 is 10.0 Å². The van der Waals surface area contributed by atoms with Crippen LogP contribution in [0.4, 0.5) is 0 Å². The number of aliphatic hydroxyl groups is 1. The molecule has 0 unspecified atom stereocenters. The molecule has 0 heterocycles. The molecule has 0 aromatic heterocycles. The molecule has 0 aliphatic carbocycles. The molecule has 1 rings (SSSR count). The molecule has 0 amide bonds. The van der Waals surface area contributed by atoms with E-state index in [1.54, 1.807) is 12.1 Å². The van der Waals surface area contributed by atoms with Gasteiger partial charge in [0.15, 0.2) is 0 Å². The second kappa shape index (κ2) is 7.59. The van der Waals surface area contributed by atoms with E-state index in [4.69, 9.17) is 16.7 Å². The number of nitrogens with zero attached hydrogens (tertiary/aromatic N) is 1. The molecule has 0 radical (unpaired) electrons. The van der Waals surface area contributed by atoms with Gasteiger partial charge in [-0.05, 0) is 37.5 Å². The van der Waals surface area contributed by atoms with Crippen LogP contribution < -0.4 is 0 Å². The Bertz CT molecular complexity index is 522. The van der Waals surface area contributed by atoms with E-state index in [0.29, 0.717) is 19.4 Å². The molecule has 1 aromatic rings.